The van der Waals surface area contributed by atoms with Crippen LogP contribution in [0.3, 0.4) is 0 Å². The van der Waals surface area contributed by atoms with Crippen molar-refractivity contribution in [1.82, 2.24) is 0 Å². The summed E-state index contributed by atoms with van der Waals surface area (Å²) in [5.41, 5.74) is -0.154. The molecule has 1 N–H and O–H groups in total. The van der Waals surface area contributed by atoms with Crippen molar-refractivity contribution in [2.45, 2.75) is 10.9 Å². The molecule has 0 fully saturated rings. The van der Waals surface area contributed by atoms with Gasteiger partial charge in [0.25, 0.3) is 0 Å². The average molecular weight is 289 g/mol. The minimum absolute atomic E-state index is 0.154. The van der Waals surface area contributed by atoms with Gasteiger partial charge in [-0.3, -0.25) is 0 Å². The van der Waals surface area contributed by atoms with Gasteiger partial charge in [-0.2, -0.15) is 8.78 Å². The summed E-state index contributed by atoms with van der Waals surface area (Å²) in [4.78, 5) is -3.46. The van der Waals surface area contributed by atoms with E-state index in [0.29, 0.717) is 0 Å². The number of aliphatic hydroxyl groups excluding tert-OH is 1. The Morgan fingerprint density at radius 1 is 1.43 bits per heavy atom. The maximum Gasteiger partial charge on any atom is 0.330 e. The smallest absolute Gasteiger partial charge is 0.330 e. The van der Waals surface area contributed by atoms with Gasteiger partial charge in [-0.05, 0) is 33.6 Å². The van der Waals surface area contributed by atoms with Gasteiger partial charge in [-0.1, -0.05) is 17.7 Å². The van der Waals surface area contributed by atoms with Crippen molar-refractivity contribution in [2.24, 2.45) is 0 Å². The highest BCUT2D eigenvalue weighted by atomic mass is 79.9. The van der Waals surface area contributed by atoms with Gasteiger partial charge < -0.3 is 5.11 Å². The van der Waals surface area contributed by atoms with Gasteiger partial charge in [-0.25, -0.2) is 4.39 Å². The number of hydrogen-bond donors (Lipinski definition) is 1. The van der Waals surface area contributed by atoms with Crippen molar-refractivity contribution in [1.29, 1.82) is 0 Å². The molecule has 1 rings (SSSR count). The molecular weight excluding hydrogens is 284 g/mol. The molecule has 0 saturated carbocycles. The molecule has 0 aromatic heterocycles. The highest BCUT2D eigenvalue weighted by molar-refractivity contribution is 9.10. The molecule has 0 radical (unpaired) electrons. The third-order valence-electron chi connectivity index (χ3n) is 1.57. The summed E-state index contributed by atoms with van der Waals surface area (Å²) in [6.45, 7) is 0. The maximum atomic E-state index is 12.6. The van der Waals surface area contributed by atoms with Gasteiger partial charge in [0.2, 0.25) is 0 Å². The van der Waals surface area contributed by atoms with Gasteiger partial charge in [0.1, 0.15) is 5.82 Å². The zero-order valence-electron chi connectivity index (χ0n) is 6.65. The molecule has 14 heavy (non-hydrogen) atoms. The SMILES string of the molecule is OC(c1ccc(F)c(Cl)c1)C(F)(F)Br. The van der Waals surface area contributed by atoms with Crippen LogP contribution >= 0.6 is 27.5 Å². The number of aliphatic hydroxyl groups is 1. The van der Waals surface area contributed by atoms with Crippen LogP contribution in [0.2, 0.25) is 5.02 Å². The monoisotopic (exact) mass is 288 g/mol. The molecule has 0 aliphatic rings. The molecule has 1 aromatic carbocycles. The fourth-order valence-corrected chi connectivity index (χ4v) is 1.32. The second kappa shape index (κ2) is 4.08. The predicted molar refractivity (Wildman–Crippen MR) is 50.2 cm³/mol. The van der Waals surface area contributed by atoms with Crippen LogP contribution in [0.4, 0.5) is 13.2 Å². The van der Waals surface area contributed by atoms with Gasteiger partial charge >= 0.3 is 4.83 Å². The maximum absolute atomic E-state index is 12.6. The van der Waals surface area contributed by atoms with Gasteiger partial charge in [0, 0.05) is 0 Å². The normalized spacial score (nSPS) is 14.1. The van der Waals surface area contributed by atoms with Gasteiger partial charge in [0.15, 0.2) is 6.10 Å². The Balaban J connectivity index is 3.03. The summed E-state index contributed by atoms with van der Waals surface area (Å²) in [7, 11) is 0. The Hall–Kier alpha value is -0.260. The van der Waals surface area contributed by atoms with Gasteiger partial charge in [0.05, 0.1) is 5.02 Å². The van der Waals surface area contributed by atoms with Crippen LogP contribution < -0.4 is 0 Å². The topological polar surface area (TPSA) is 20.2 Å². The Morgan fingerprint density at radius 3 is 2.43 bits per heavy atom. The van der Waals surface area contributed by atoms with E-state index in [-0.39, 0.29) is 10.6 Å². The van der Waals surface area contributed by atoms with Gasteiger partial charge in [-0.15, -0.1) is 0 Å². The molecule has 1 nitrogen and oxygen atoms in total. The quantitative estimate of drug-likeness (QED) is 0.826. The summed E-state index contributed by atoms with van der Waals surface area (Å²) in [6.07, 6.45) is -2.06. The number of alkyl halides is 3. The molecule has 1 aromatic rings. The number of rotatable bonds is 2. The van der Waals surface area contributed by atoms with Crippen molar-refractivity contribution in [3.8, 4) is 0 Å². The van der Waals surface area contributed by atoms with Crippen molar-refractivity contribution >= 4 is 27.5 Å². The van der Waals surface area contributed by atoms with E-state index in [9.17, 15) is 13.2 Å². The minimum atomic E-state index is -3.46. The first-order valence-corrected chi connectivity index (χ1v) is 4.69. The first-order chi connectivity index (χ1) is 6.32. The number of halogens is 5. The molecule has 0 aliphatic carbocycles. The van der Waals surface area contributed by atoms with E-state index in [4.69, 9.17) is 16.7 Å². The molecule has 78 valence electrons. The molecule has 0 aliphatic heterocycles. The lowest BCUT2D eigenvalue weighted by Gasteiger charge is -2.16. The van der Waals surface area contributed by atoms with Crippen LogP contribution in [0, 0.1) is 5.82 Å². The zero-order chi connectivity index (χ0) is 10.9. The zero-order valence-corrected chi connectivity index (χ0v) is 8.99. The Bertz CT molecular complexity index is 340. The second-order valence-corrected chi connectivity index (χ2v) is 4.08. The lowest BCUT2D eigenvalue weighted by atomic mass is 10.1. The van der Waals surface area contributed by atoms with Crippen LogP contribution in [0.15, 0.2) is 18.2 Å². The van der Waals surface area contributed by atoms with Crippen molar-refractivity contribution in [3.63, 3.8) is 0 Å². The minimum Gasteiger partial charge on any atom is -0.381 e. The van der Waals surface area contributed by atoms with E-state index < -0.39 is 16.8 Å². The Morgan fingerprint density at radius 2 is 2.00 bits per heavy atom. The van der Waals surface area contributed by atoms with Crippen molar-refractivity contribution < 1.29 is 18.3 Å². The van der Waals surface area contributed by atoms with Crippen LogP contribution in [0.25, 0.3) is 0 Å². The summed E-state index contributed by atoms with van der Waals surface area (Å²) in [5, 5.41) is 8.79. The van der Waals surface area contributed by atoms with E-state index in [1.54, 1.807) is 0 Å². The summed E-state index contributed by atoms with van der Waals surface area (Å²) in [5.74, 6) is -0.722. The van der Waals surface area contributed by atoms with E-state index >= 15 is 0 Å². The molecule has 1 unspecified atom stereocenters. The molecule has 0 spiro atoms. The molecular formula is C8H5BrClF3O. The second-order valence-electron chi connectivity index (χ2n) is 2.62. The van der Waals surface area contributed by atoms with E-state index in [2.05, 4.69) is 0 Å². The molecule has 6 heteroatoms. The summed E-state index contributed by atoms with van der Waals surface area (Å²) in [6, 6.07) is 2.91. The van der Waals surface area contributed by atoms with E-state index in [1.165, 1.54) is 0 Å². The Labute approximate surface area is 91.6 Å². The number of hydrogen-bond acceptors (Lipinski definition) is 1. The first-order valence-electron chi connectivity index (χ1n) is 3.52. The van der Waals surface area contributed by atoms with Crippen molar-refractivity contribution in [2.75, 3.05) is 0 Å². The first kappa shape index (κ1) is 11.8. The van der Waals surface area contributed by atoms with Crippen LogP contribution in [-0.2, 0) is 0 Å². The molecule has 0 heterocycles. The molecule has 1 atom stereocenters. The summed E-state index contributed by atoms with van der Waals surface area (Å²) < 4.78 is 37.8. The lowest BCUT2D eigenvalue weighted by Crippen LogP contribution is -2.18. The standard InChI is InChI=1S/C8H5BrClF3O/c9-8(12,13)7(14)4-1-2-6(11)5(10)3-4/h1-3,7,14H. The highest BCUT2D eigenvalue weighted by Gasteiger charge is 2.36. The van der Waals surface area contributed by atoms with Crippen LogP contribution in [0.1, 0.15) is 11.7 Å². The predicted octanol–water partition coefficient (Wildman–Crippen LogP) is 3.50. The highest BCUT2D eigenvalue weighted by Crippen LogP contribution is 2.37. The van der Waals surface area contributed by atoms with Crippen LogP contribution in [0.5, 0.6) is 0 Å². The van der Waals surface area contributed by atoms with Crippen LogP contribution in [-0.4, -0.2) is 9.94 Å². The van der Waals surface area contributed by atoms with Crippen molar-refractivity contribution in [3.05, 3.63) is 34.6 Å². The average Bonchev–Trinajstić information content (AvgIpc) is 2.07. The third kappa shape index (κ3) is 2.62. The lowest BCUT2D eigenvalue weighted by molar-refractivity contribution is -0.0294. The summed E-state index contributed by atoms with van der Waals surface area (Å²) >= 11 is 7.37. The molecule has 0 saturated heterocycles. The Kier molecular flexibility index (Phi) is 3.44. The third-order valence-corrected chi connectivity index (χ3v) is 2.29. The van der Waals surface area contributed by atoms with E-state index in [1.807, 2.05) is 15.9 Å². The van der Waals surface area contributed by atoms with E-state index in [0.717, 1.165) is 18.2 Å². The molecule has 0 amide bonds. The molecule has 0 bridgehead atoms. The number of benzene rings is 1. The fraction of sp³-hybridized carbons (Fsp3) is 0.250. The largest absolute Gasteiger partial charge is 0.381 e. The fourth-order valence-electron chi connectivity index (χ4n) is 0.871.